The topological polar surface area (TPSA) is 84.9 Å². The Bertz CT molecular complexity index is 529. The number of nitrogen functional groups attached to an aromatic ring is 1. The largest absolute Gasteiger partial charge is 0.382 e. The molecule has 7 nitrogen and oxygen atoms in total. The predicted molar refractivity (Wildman–Crippen MR) is 69.0 cm³/mol. The Labute approximate surface area is 105 Å². The molecule has 0 aromatic carbocycles. The molecule has 0 aliphatic carbocycles. The quantitative estimate of drug-likeness (QED) is 0.747. The fourth-order valence-corrected chi connectivity index (χ4v) is 2.25. The van der Waals surface area contributed by atoms with Crippen LogP contribution in [0.25, 0.3) is 11.2 Å². The first-order valence-corrected chi connectivity index (χ1v) is 6.19. The van der Waals surface area contributed by atoms with Crippen molar-refractivity contribution >= 4 is 17.0 Å². The van der Waals surface area contributed by atoms with Gasteiger partial charge in [-0.25, -0.2) is 15.0 Å². The molecule has 0 amide bonds. The standard InChI is InChI=1S/C11H17N7/c12-10-9-11(15-7-14-10)18(8-16-9)6-5-17-3-1-13-2-4-17/h7-8,13H,1-6H2,(H2,12,14,15). The van der Waals surface area contributed by atoms with Crippen LogP contribution < -0.4 is 11.1 Å². The summed E-state index contributed by atoms with van der Waals surface area (Å²) in [5, 5.41) is 3.35. The highest BCUT2D eigenvalue weighted by Gasteiger charge is 2.11. The molecule has 3 rings (SSSR count). The first-order chi connectivity index (χ1) is 8.84. The van der Waals surface area contributed by atoms with Gasteiger partial charge >= 0.3 is 0 Å². The van der Waals surface area contributed by atoms with Gasteiger partial charge in [-0.1, -0.05) is 0 Å². The van der Waals surface area contributed by atoms with Gasteiger partial charge in [0.1, 0.15) is 11.8 Å². The molecule has 18 heavy (non-hydrogen) atoms. The summed E-state index contributed by atoms with van der Waals surface area (Å²) in [4.78, 5) is 14.9. The van der Waals surface area contributed by atoms with Crippen LogP contribution in [0, 0.1) is 0 Å². The van der Waals surface area contributed by atoms with Crippen LogP contribution in [0.2, 0.25) is 0 Å². The zero-order chi connectivity index (χ0) is 12.4. The van der Waals surface area contributed by atoms with Crippen LogP contribution in [0.4, 0.5) is 5.82 Å². The Morgan fingerprint density at radius 1 is 1.17 bits per heavy atom. The Morgan fingerprint density at radius 2 is 2.00 bits per heavy atom. The maximum Gasteiger partial charge on any atom is 0.165 e. The van der Waals surface area contributed by atoms with E-state index < -0.39 is 0 Å². The van der Waals surface area contributed by atoms with Crippen LogP contribution in [0.3, 0.4) is 0 Å². The fourth-order valence-electron chi connectivity index (χ4n) is 2.25. The number of rotatable bonds is 3. The van der Waals surface area contributed by atoms with Crippen molar-refractivity contribution in [2.45, 2.75) is 6.54 Å². The lowest BCUT2D eigenvalue weighted by Crippen LogP contribution is -2.44. The van der Waals surface area contributed by atoms with Crippen LogP contribution in [0.15, 0.2) is 12.7 Å². The molecule has 96 valence electrons. The highest BCUT2D eigenvalue weighted by molar-refractivity contribution is 5.80. The molecule has 2 aromatic heterocycles. The minimum absolute atomic E-state index is 0.445. The average Bonchev–Trinajstić information content (AvgIpc) is 2.82. The van der Waals surface area contributed by atoms with Gasteiger partial charge in [0.2, 0.25) is 0 Å². The average molecular weight is 247 g/mol. The summed E-state index contributed by atoms with van der Waals surface area (Å²) in [6, 6.07) is 0. The summed E-state index contributed by atoms with van der Waals surface area (Å²) in [5.41, 5.74) is 7.27. The molecule has 1 saturated heterocycles. The number of nitrogens with two attached hydrogens (primary N) is 1. The van der Waals surface area contributed by atoms with E-state index in [9.17, 15) is 0 Å². The summed E-state index contributed by atoms with van der Waals surface area (Å²) < 4.78 is 2.04. The van der Waals surface area contributed by atoms with Crippen LogP contribution >= 0.6 is 0 Å². The molecule has 1 aliphatic rings. The minimum atomic E-state index is 0.445. The van der Waals surface area contributed by atoms with E-state index in [1.54, 1.807) is 6.33 Å². The molecule has 3 heterocycles. The van der Waals surface area contributed by atoms with Crippen molar-refractivity contribution in [2.24, 2.45) is 0 Å². The van der Waals surface area contributed by atoms with Gasteiger partial charge in [0.25, 0.3) is 0 Å². The van der Waals surface area contributed by atoms with E-state index in [0.717, 1.165) is 44.9 Å². The number of nitrogens with one attached hydrogen (secondary N) is 1. The van der Waals surface area contributed by atoms with Crippen molar-refractivity contribution in [3.63, 3.8) is 0 Å². The van der Waals surface area contributed by atoms with E-state index in [4.69, 9.17) is 5.73 Å². The molecule has 0 unspecified atom stereocenters. The van der Waals surface area contributed by atoms with Crippen LogP contribution in [-0.2, 0) is 6.54 Å². The Balaban J connectivity index is 1.72. The van der Waals surface area contributed by atoms with Crippen molar-refractivity contribution in [1.82, 2.24) is 29.7 Å². The SMILES string of the molecule is Nc1ncnc2c1ncn2CCN1CCNCC1. The van der Waals surface area contributed by atoms with E-state index in [1.165, 1.54) is 6.33 Å². The third kappa shape index (κ3) is 2.14. The fraction of sp³-hybridized carbons (Fsp3) is 0.545. The first kappa shape index (κ1) is 11.4. The summed E-state index contributed by atoms with van der Waals surface area (Å²) in [5.74, 6) is 0.445. The minimum Gasteiger partial charge on any atom is -0.382 e. The van der Waals surface area contributed by atoms with Gasteiger partial charge in [0.15, 0.2) is 11.5 Å². The normalized spacial score (nSPS) is 17.3. The Hall–Kier alpha value is -1.73. The molecule has 7 heteroatoms. The summed E-state index contributed by atoms with van der Waals surface area (Å²) >= 11 is 0. The van der Waals surface area contributed by atoms with Gasteiger partial charge in [-0.05, 0) is 0 Å². The zero-order valence-electron chi connectivity index (χ0n) is 10.2. The van der Waals surface area contributed by atoms with Crippen LogP contribution in [0.5, 0.6) is 0 Å². The van der Waals surface area contributed by atoms with Gasteiger partial charge in [0.05, 0.1) is 6.33 Å². The van der Waals surface area contributed by atoms with Crippen LogP contribution in [-0.4, -0.2) is 57.1 Å². The number of piperazine rings is 1. The van der Waals surface area contributed by atoms with Crippen molar-refractivity contribution < 1.29 is 0 Å². The number of aromatic nitrogens is 4. The van der Waals surface area contributed by atoms with Crippen LogP contribution in [0.1, 0.15) is 0 Å². The maximum atomic E-state index is 5.76. The van der Waals surface area contributed by atoms with E-state index in [2.05, 4.69) is 25.2 Å². The second-order valence-electron chi connectivity index (χ2n) is 4.46. The summed E-state index contributed by atoms with van der Waals surface area (Å²) in [6.07, 6.45) is 3.28. The highest BCUT2D eigenvalue weighted by Crippen LogP contribution is 2.13. The van der Waals surface area contributed by atoms with Crippen molar-refractivity contribution in [3.05, 3.63) is 12.7 Å². The molecule has 0 saturated carbocycles. The van der Waals surface area contributed by atoms with Gasteiger partial charge < -0.3 is 15.6 Å². The Morgan fingerprint density at radius 3 is 2.83 bits per heavy atom. The number of imidazole rings is 1. The van der Waals surface area contributed by atoms with Crippen molar-refractivity contribution in [1.29, 1.82) is 0 Å². The van der Waals surface area contributed by atoms with Gasteiger partial charge in [-0.2, -0.15) is 0 Å². The summed E-state index contributed by atoms with van der Waals surface area (Å²) in [7, 11) is 0. The predicted octanol–water partition coefficient (Wildman–Crippen LogP) is -0.686. The van der Waals surface area contributed by atoms with E-state index >= 15 is 0 Å². The van der Waals surface area contributed by atoms with E-state index in [0.29, 0.717) is 11.3 Å². The molecule has 3 N–H and O–H groups in total. The molecule has 0 atom stereocenters. The van der Waals surface area contributed by atoms with Gasteiger partial charge in [-0.3, -0.25) is 4.90 Å². The lowest BCUT2D eigenvalue weighted by atomic mass is 10.3. The lowest BCUT2D eigenvalue weighted by Gasteiger charge is -2.27. The molecular formula is C11H17N7. The second-order valence-corrected chi connectivity index (χ2v) is 4.46. The molecule has 1 aliphatic heterocycles. The number of hydrogen-bond acceptors (Lipinski definition) is 6. The Kier molecular flexibility index (Phi) is 3.07. The molecule has 1 fully saturated rings. The number of hydrogen-bond donors (Lipinski definition) is 2. The van der Waals surface area contributed by atoms with Gasteiger partial charge in [0, 0.05) is 39.3 Å². The molecule has 0 radical (unpaired) electrons. The van der Waals surface area contributed by atoms with Gasteiger partial charge in [-0.15, -0.1) is 0 Å². The number of nitrogens with zero attached hydrogens (tertiary/aromatic N) is 5. The maximum absolute atomic E-state index is 5.76. The zero-order valence-corrected chi connectivity index (χ0v) is 10.2. The monoisotopic (exact) mass is 247 g/mol. The molecule has 2 aromatic rings. The first-order valence-electron chi connectivity index (χ1n) is 6.19. The smallest absolute Gasteiger partial charge is 0.165 e. The van der Waals surface area contributed by atoms with Crippen molar-refractivity contribution in [3.8, 4) is 0 Å². The summed E-state index contributed by atoms with van der Waals surface area (Å²) in [6.45, 7) is 6.23. The third-order valence-corrected chi connectivity index (χ3v) is 3.30. The van der Waals surface area contributed by atoms with Crippen molar-refractivity contribution in [2.75, 3.05) is 38.5 Å². The lowest BCUT2D eigenvalue weighted by molar-refractivity contribution is 0.233. The number of anilines is 1. The number of fused-ring (bicyclic) bond motifs is 1. The van der Waals surface area contributed by atoms with E-state index in [-0.39, 0.29) is 0 Å². The molecule has 0 spiro atoms. The highest BCUT2D eigenvalue weighted by atomic mass is 15.2. The van der Waals surface area contributed by atoms with E-state index in [1.807, 2.05) is 4.57 Å². The third-order valence-electron chi connectivity index (χ3n) is 3.30. The second kappa shape index (κ2) is 4.87. The molecular weight excluding hydrogens is 230 g/mol. The molecule has 0 bridgehead atoms.